The first-order chi connectivity index (χ1) is 11.1. The Morgan fingerprint density at radius 3 is 2.65 bits per heavy atom. The lowest BCUT2D eigenvalue weighted by atomic mass is 10.1. The summed E-state index contributed by atoms with van der Waals surface area (Å²) in [5, 5.41) is 2.67. The van der Waals surface area contributed by atoms with Crippen LogP contribution in [0.4, 0.5) is 4.39 Å². The molecule has 122 valence electrons. The highest BCUT2D eigenvalue weighted by Crippen LogP contribution is 2.18. The van der Waals surface area contributed by atoms with Crippen LogP contribution in [0.1, 0.15) is 11.1 Å². The zero-order chi connectivity index (χ0) is 16.7. The molecular formula is C18H20FNO3. The van der Waals surface area contributed by atoms with E-state index in [2.05, 4.69) is 5.32 Å². The fraction of sp³-hybridized carbons (Fsp3) is 0.278. The standard InChI is InChI=1S/C18H20FNO3/c1-13-7-8-14(2)17(11-13)23-12-18(21)20-9-10-22-16-6-4-3-5-15(16)19/h3-8,11H,9-10,12H2,1-2H3,(H,20,21). The van der Waals surface area contributed by atoms with Gasteiger partial charge in [0.15, 0.2) is 18.2 Å². The number of para-hydroxylation sites is 1. The quantitative estimate of drug-likeness (QED) is 0.799. The third kappa shape index (κ3) is 5.29. The molecule has 23 heavy (non-hydrogen) atoms. The van der Waals surface area contributed by atoms with Gasteiger partial charge in [0.2, 0.25) is 0 Å². The van der Waals surface area contributed by atoms with Gasteiger partial charge in [-0.15, -0.1) is 0 Å². The van der Waals surface area contributed by atoms with Crippen LogP contribution in [0, 0.1) is 19.7 Å². The molecule has 4 nitrogen and oxygen atoms in total. The van der Waals surface area contributed by atoms with Gasteiger partial charge in [-0.25, -0.2) is 4.39 Å². The van der Waals surface area contributed by atoms with E-state index in [-0.39, 0.29) is 31.4 Å². The van der Waals surface area contributed by atoms with Crippen molar-refractivity contribution in [3.8, 4) is 11.5 Å². The SMILES string of the molecule is Cc1ccc(C)c(OCC(=O)NCCOc2ccccc2F)c1. The van der Waals surface area contributed by atoms with Crippen LogP contribution in [-0.2, 0) is 4.79 Å². The fourth-order valence-electron chi connectivity index (χ4n) is 1.97. The molecule has 0 unspecified atom stereocenters. The molecule has 0 fully saturated rings. The minimum Gasteiger partial charge on any atom is -0.489 e. The van der Waals surface area contributed by atoms with Gasteiger partial charge in [0.25, 0.3) is 5.91 Å². The van der Waals surface area contributed by atoms with Crippen molar-refractivity contribution in [2.24, 2.45) is 0 Å². The van der Waals surface area contributed by atoms with E-state index in [1.165, 1.54) is 6.07 Å². The van der Waals surface area contributed by atoms with Gasteiger partial charge in [0, 0.05) is 0 Å². The Balaban J connectivity index is 1.69. The predicted molar refractivity (Wildman–Crippen MR) is 86.3 cm³/mol. The molecule has 0 aliphatic rings. The number of aryl methyl sites for hydroxylation is 2. The van der Waals surface area contributed by atoms with E-state index in [0.29, 0.717) is 5.75 Å². The molecule has 2 aromatic carbocycles. The Morgan fingerprint density at radius 2 is 1.87 bits per heavy atom. The third-order valence-corrected chi connectivity index (χ3v) is 3.22. The lowest BCUT2D eigenvalue weighted by molar-refractivity contribution is -0.123. The van der Waals surface area contributed by atoms with E-state index in [9.17, 15) is 9.18 Å². The van der Waals surface area contributed by atoms with Gasteiger partial charge < -0.3 is 14.8 Å². The molecule has 0 aliphatic carbocycles. The molecule has 1 amide bonds. The zero-order valence-corrected chi connectivity index (χ0v) is 13.3. The summed E-state index contributed by atoms with van der Waals surface area (Å²) in [4.78, 5) is 11.7. The van der Waals surface area contributed by atoms with Crippen LogP contribution >= 0.6 is 0 Å². The molecule has 0 aliphatic heterocycles. The van der Waals surface area contributed by atoms with E-state index in [1.807, 2.05) is 32.0 Å². The van der Waals surface area contributed by atoms with Gasteiger partial charge in [0.1, 0.15) is 12.4 Å². The van der Waals surface area contributed by atoms with Crippen LogP contribution in [-0.4, -0.2) is 25.7 Å². The number of halogens is 1. The molecule has 2 aromatic rings. The number of ether oxygens (including phenoxy) is 2. The summed E-state index contributed by atoms with van der Waals surface area (Å²) in [5.74, 6) is 0.205. The monoisotopic (exact) mass is 317 g/mol. The van der Waals surface area contributed by atoms with Crippen LogP contribution in [0.2, 0.25) is 0 Å². The molecular weight excluding hydrogens is 297 g/mol. The van der Waals surface area contributed by atoms with E-state index >= 15 is 0 Å². The van der Waals surface area contributed by atoms with Crippen LogP contribution in [0.5, 0.6) is 11.5 Å². The van der Waals surface area contributed by atoms with Crippen LogP contribution in [0.15, 0.2) is 42.5 Å². The Hall–Kier alpha value is -2.56. The van der Waals surface area contributed by atoms with Crippen LogP contribution < -0.4 is 14.8 Å². The fourth-order valence-corrected chi connectivity index (χ4v) is 1.97. The van der Waals surface area contributed by atoms with Gasteiger partial charge in [-0.1, -0.05) is 24.3 Å². The van der Waals surface area contributed by atoms with E-state index in [4.69, 9.17) is 9.47 Å². The van der Waals surface area contributed by atoms with Gasteiger partial charge >= 0.3 is 0 Å². The van der Waals surface area contributed by atoms with E-state index in [0.717, 1.165) is 11.1 Å². The highest BCUT2D eigenvalue weighted by atomic mass is 19.1. The smallest absolute Gasteiger partial charge is 0.258 e. The summed E-state index contributed by atoms with van der Waals surface area (Å²) >= 11 is 0. The maximum Gasteiger partial charge on any atom is 0.258 e. The topological polar surface area (TPSA) is 47.6 Å². The Bertz CT molecular complexity index is 673. The molecule has 2 rings (SSSR count). The first kappa shape index (κ1) is 16.8. The summed E-state index contributed by atoms with van der Waals surface area (Å²) in [6.45, 7) is 4.30. The number of amides is 1. The molecule has 0 heterocycles. The van der Waals surface area contributed by atoms with Crippen molar-refractivity contribution >= 4 is 5.91 Å². The van der Waals surface area contributed by atoms with Crippen molar-refractivity contribution in [1.29, 1.82) is 0 Å². The van der Waals surface area contributed by atoms with Crippen LogP contribution in [0.3, 0.4) is 0 Å². The highest BCUT2D eigenvalue weighted by Gasteiger charge is 2.06. The Kier molecular flexibility index (Phi) is 5.97. The summed E-state index contributed by atoms with van der Waals surface area (Å²) in [7, 11) is 0. The lowest BCUT2D eigenvalue weighted by Crippen LogP contribution is -2.32. The average Bonchev–Trinajstić information content (AvgIpc) is 2.54. The van der Waals surface area contributed by atoms with Gasteiger partial charge in [-0.2, -0.15) is 0 Å². The minimum atomic E-state index is -0.419. The van der Waals surface area contributed by atoms with Crippen molar-refractivity contribution < 1.29 is 18.7 Å². The maximum absolute atomic E-state index is 13.3. The second-order valence-corrected chi connectivity index (χ2v) is 5.19. The maximum atomic E-state index is 13.3. The molecule has 0 saturated carbocycles. The first-order valence-corrected chi connectivity index (χ1v) is 7.40. The Labute approximate surface area is 135 Å². The normalized spacial score (nSPS) is 10.2. The predicted octanol–water partition coefficient (Wildman–Crippen LogP) is 3.02. The molecule has 1 N–H and O–H groups in total. The second-order valence-electron chi connectivity index (χ2n) is 5.19. The van der Waals surface area contributed by atoms with Crippen molar-refractivity contribution in [2.45, 2.75) is 13.8 Å². The summed E-state index contributed by atoms with van der Waals surface area (Å²) < 4.78 is 24.1. The molecule has 0 bridgehead atoms. The highest BCUT2D eigenvalue weighted by molar-refractivity contribution is 5.77. The second kappa shape index (κ2) is 8.17. The molecule has 5 heteroatoms. The van der Waals surface area contributed by atoms with Crippen molar-refractivity contribution in [2.75, 3.05) is 19.8 Å². The van der Waals surface area contributed by atoms with E-state index in [1.54, 1.807) is 18.2 Å². The van der Waals surface area contributed by atoms with Gasteiger partial charge in [-0.05, 0) is 43.2 Å². The number of benzene rings is 2. The van der Waals surface area contributed by atoms with E-state index < -0.39 is 5.82 Å². The molecule has 0 atom stereocenters. The first-order valence-electron chi connectivity index (χ1n) is 7.40. The number of nitrogens with one attached hydrogen (secondary N) is 1. The van der Waals surface area contributed by atoms with Gasteiger partial charge in [0.05, 0.1) is 6.54 Å². The number of hydrogen-bond donors (Lipinski definition) is 1. The summed E-state index contributed by atoms with van der Waals surface area (Å²) in [6.07, 6.45) is 0. The summed E-state index contributed by atoms with van der Waals surface area (Å²) in [5.41, 5.74) is 2.05. The average molecular weight is 317 g/mol. The lowest BCUT2D eigenvalue weighted by Gasteiger charge is -2.11. The Morgan fingerprint density at radius 1 is 1.09 bits per heavy atom. The number of carbonyl (C=O) groups is 1. The molecule has 0 spiro atoms. The number of hydrogen-bond acceptors (Lipinski definition) is 3. The number of carbonyl (C=O) groups excluding carboxylic acids is 1. The van der Waals surface area contributed by atoms with Crippen molar-refractivity contribution in [3.05, 3.63) is 59.4 Å². The van der Waals surface area contributed by atoms with Crippen LogP contribution in [0.25, 0.3) is 0 Å². The summed E-state index contributed by atoms with van der Waals surface area (Å²) in [6, 6.07) is 12.0. The largest absolute Gasteiger partial charge is 0.489 e. The number of rotatable bonds is 7. The molecule has 0 aromatic heterocycles. The third-order valence-electron chi connectivity index (χ3n) is 3.22. The van der Waals surface area contributed by atoms with Crippen molar-refractivity contribution in [3.63, 3.8) is 0 Å². The minimum absolute atomic E-state index is 0.0655. The van der Waals surface area contributed by atoms with Crippen molar-refractivity contribution in [1.82, 2.24) is 5.32 Å². The van der Waals surface area contributed by atoms with Gasteiger partial charge in [-0.3, -0.25) is 4.79 Å². The molecule has 0 saturated heterocycles. The molecule has 0 radical (unpaired) electrons. The zero-order valence-electron chi connectivity index (χ0n) is 13.3.